The van der Waals surface area contributed by atoms with Crippen molar-refractivity contribution in [2.75, 3.05) is 0 Å². The number of guanidine groups is 1. The van der Waals surface area contributed by atoms with Gasteiger partial charge in [0, 0.05) is 17.7 Å². The smallest absolute Gasteiger partial charge is 0.192 e. The zero-order chi connectivity index (χ0) is 18.6. The van der Waals surface area contributed by atoms with Crippen LogP contribution in [0.4, 0.5) is 8.78 Å². The van der Waals surface area contributed by atoms with Crippen LogP contribution in [0, 0.1) is 11.6 Å². The molecule has 3 aromatic carbocycles. The van der Waals surface area contributed by atoms with E-state index in [1.165, 1.54) is 12.1 Å². The van der Waals surface area contributed by atoms with E-state index in [2.05, 4.69) is 15.6 Å². The second-order valence-electron chi connectivity index (χ2n) is 6.43. The van der Waals surface area contributed by atoms with Gasteiger partial charge in [-0.25, -0.2) is 13.8 Å². The van der Waals surface area contributed by atoms with Crippen LogP contribution in [-0.2, 0) is 6.54 Å². The van der Waals surface area contributed by atoms with Gasteiger partial charge in [-0.05, 0) is 17.7 Å². The lowest BCUT2D eigenvalue weighted by atomic mass is 9.94. The molecule has 3 nitrogen and oxygen atoms in total. The van der Waals surface area contributed by atoms with E-state index in [9.17, 15) is 8.78 Å². The van der Waals surface area contributed by atoms with Gasteiger partial charge in [0.05, 0.1) is 6.04 Å². The fraction of sp³-hybridized carbons (Fsp3) is 0.136. The molecule has 0 radical (unpaired) electrons. The fourth-order valence-electron chi connectivity index (χ4n) is 3.29. The lowest BCUT2D eigenvalue weighted by Gasteiger charge is -2.20. The van der Waals surface area contributed by atoms with E-state index in [4.69, 9.17) is 0 Å². The van der Waals surface area contributed by atoms with Crippen LogP contribution in [0.2, 0.25) is 0 Å². The normalized spacial score (nSPS) is 18.7. The summed E-state index contributed by atoms with van der Waals surface area (Å²) >= 11 is 0. The van der Waals surface area contributed by atoms with Crippen molar-refractivity contribution >= 4 is 5.96 Å². The number of hydrogen-bond donors (Lipinski definition) is 2. The topological polar surface area (TPSA) is 36.4 Å². The van der Waals surface area contributed by atoms with Gasteiger partial charge >= 0.3 is 0 Å². The third-order valence-electron chi connectivity index (χ3n) is 4.64. The molecule has 0 spiro atoms. The summed E-state index contributed by atoms with van der Waals surface area (Å²) in [5.74, 6) is -0.157. The largest absolute Gasteiger partial charge is 0.352 e. The molecule has 27 heavy (non-hydrogen) atoms. The Kier molecular flexibility index (Phi) is 4.83. The Morgan fingerprint density at radius 1 is 0.778 bits per heavy atom. The molecule has 136 valence electrons. The van der Waals surface area contributed by atoms with Crippen LogP contribution in [0.5, 0.6) is 0 Å². The summed E-state index contributed by atoms with van der Waals surface area (Å²) in [5.41, 5.74) is 2.00. The third-order valence-corrected chi connectivity index (χ3v) is 4.64. The van der Waals surface area contributed by atoms with Crippen molar-refractivity contribution in [3.63, 3.8) is 0 Å². The molecule has 1 heterocycles. The highest BCUT2D eigenvalue weighted by Gasteiger charge is 2.34. The molecule has 2 N–H and O–H groups in total. The van der Waals surface area contributed by atoms with Crippen LogP contribution in [0.3, 0.4) is 0 Å². The van der Waals surface area contributed by atoms with Crippen LogP contribution in [0.25, 0.3) is 0 Å². The Bertz CT molecular complexity index is 957. The van der Waals surface area contributed by atoms with Gasteiger partial charge in [0.2, 0.25) is 0 Å². The third kappa shape index (κ3) is 3.67. The molecule has 0 saturated carbocycles. The lowest BCUT2D eigenvalue weighted by Crippen LogP contribution is -2.35. The molecule has 0 aliphatic carbocycles. The summed E-state index contributed by atoms with van der Waals surface area (Å²) in [6.45, 7) is 0.570. The molecule has 4 rings (SSSR count). The van der Waals surface area contributed by atoms with Gasteiger partial charge in [-0.3, -0.25) is 0 Å². The minimum absolute atomic E-state index is 0.337. The molecule has 3 aromatic rings. The van der Waals surface area contributed by atoms with E-state index < -0.39 is 12.1 Å². The van der Waals surface area contributed by atoms with Crippen molar-refractivity contribution in [3.8, 4) is 0 Å². The van der Waals surface area contributed by atoms with E-state index in [1.54, 1.807) is 36.4 Å². The van der Waals surface area contributed by atoms with E-state index in [-0.39, 0.29) is 11.6 Å². The van der Waals surface area contributed by atoms with Crippen LogP contribution >= 0.6 is 0 Å². The summed E-state index contributed by atoms with van der Waals surface area (Å²) in [6.07, 6.45) is 0. The first-order valence-electron chi connectivity index (χ1n) is 8.83. The minimum Gasteiger partial charge on any atom is -0.352 e. The molecule has 0 fully saturated rings. The van der Waals surface area contributed by atoms with Gasteiger partial charge < -0.3 is 10.6 Å². The maximum atomic E-state index is 14.4. The maximum Gasteiger partial charge on any atom is 0.192 e. The number of rotatable bonds is 4. The summed E-state index contributed by atoms with van der Waals surface area (Å²) in [5, 5.41) is 6.46. The van der Waals surface area contributed by atoms with Gasteiger partial charge in [0.1, 0.15) is 17.7 Å². The van der Waals surface area contributed by atoms with Crippen LogP contribution in [0.15, 0.2) is 83.9 Å². The predicted molar refractivity (Wildman–Crippen MR) is 102 cm³/mol. The van der Waals surface area contributed by atoms with Gasteiger partial charge in [0.25, 0.3) is 0 Å². The van der Waals surface area contributed by atoms with Gasteiger partial charge in [-0.15, -0.1) is 0 Å². The molecule has 2 atom stereocenters. The summed E-state index contributed by atoms with van der Waals surface area (Å²) in [4.78, 5) is 4.62. The van der Waals surface area contributed by atoms with Crippen LogP contribution in [0.1, 0.15) is 28.8 Å². The number of nitrogens with one attached hydrogen (secondary N) is 2. The zero-order valence-corrected chi connectivity index (χ0v) is 14.6. The van der Waals surface area contributed by atoms with E-state index >= 15 is 0 Å². The number of benzene rings is 3. The standard InChI is InChI=1S/C22H19F2N3/c23-18-12-6-4-10-16(18)20-21(17-11-5-7-13-19(17)24)27-22(26-20)25-14-15-8-2-1-3-9-15/h1-13,20-21H,14H2,(H2,25,26,27). The molecule has 1 aliphatic rings. The van der Waals surface area contributed by atoms with E-state index in [0.717, 1.165) is 5.56 Å². The molecule has 1 aliphatic heterocycles. The minimum atomic E-state index is -0.554. The second-order valence-corrected chi connectivity index (χ2v) is 6.43. The number of nitrogens with zero attached hydrogens (tertiary/aromatic N) is 1. The molecular formula is C22H19F2N3. The van der Waals surface area contributed by atoms with Crippen molar-refractivity contribution in [1.82, 2.24) is 10.6 Å². The van der Waals surface area contributed by atoms with Crippen LogP contribution in [-0.4, -0.2) is 5.96 Å². The van der Waals surface area contributed by atoms with Crippen molar-refractivity contribution in [3.05, 3.63) is 107 Å². The van der Waals surface area contributed by atoms with E-state index in [1.807, 2.05) is 30.3 Å². The zero-order valence-electron chi connectivity index (χ0n) is 14.6. The highest BCUT2D eigenvalue weighted by molar-refractivity contribution is 5.82. The SMILES string of the molecule is Fc1ccccc1C1N=C(NCc2ccccc2)NC1c1ccccc1F. The van der Waals surface area contributed by atoms with Crippen molar-refractivity contribution in [2.24, 2.45) is 4.99 Å². The second kappa shape index (κ2) is 7.58. The average molecular weight is 363 g/mol. The Balaban J connectivity index is 1.63. The first-order valence-corrected chi connectivity index (χ1v) is 8.83. The molecule has 0 amide bonds. The number of aliphatic imine (C=N–C) groups is 1. The van der Waals surface area contributed by atoms with Gasteiger partial charge in [-0.2, -0.15) is 0 Å². The van der Waals surface area contributed by atoms with Crippen molar-refractivity contribution in [2.45, 2.75) is 18.6 Å². The monoisotopic (exact) mass is 363 g/mol. The molecular weight excluding hydrogens is 344 g/mol. The highest BCUT2D eigenvalue weighted by Crippen LogP contribution is 2.37. The predicted octanol–water partition coefficient (Wildman–Crippen LogP) is 4.50. The average Bonchev–Trinajstić information content (AvgIpc) is 3.12. The van der Waals surface area contributed by atoms with Crippen molar-refractivity contribution in [1.29, 1.82) is 0 Å². The molecule has 0 saturated heterocycles. The summed E-state index contributed by atoms with van der Waals surface area (Å²) in [7, 11) is 0. The van der Waals surface area contributed by atoms with Gasteiger partial charge in [0.15, 0.2) is 5.96 Å². The maximum absolute atomic E-state index is 14.4. The van der Waals surface area contributed by atoms with Crippen LogP contribution < -0.4 is 10.6 Å². The highest BCUT2D eigenvalue weighted by atomic mass is 19.1. The summed E-state index contributed by atoms with van der Waals surface area (Å²) in [6, 6.07) is 21.9. The Labute approximate surface area is 156 Å². The Hall–Kier alpha value is -3.21. The molecule has 0 aromatic heterocycles. The lowest BCUT2D eigenvalue weighted by molar-refractivity contribution is 0.501. The number of hydrogen-bond acceptors (Lipinski definition) is 3. The van der Waals surface area contributed by atoms with Gasteiger partial charge in [-0.1, -0.05) is 66.7 Å². The molecule has 2 unspecified atom stereocenters. The molecule has 5 heteroatoms. The van der Waals surface area contributed by atoms with E-state index in [0.29, 0.717) is 23.6 Å². The quantitative estimate of drug-likeness (QED) is 0.716. The van der Waals surface area contributed by atoms with Crippen molar-refractivity contribution < 1.29 is 8.78 Å². The fourth-order valence-corrected chi connectivity index (χ4v) is 3.29. The Morgan fingerprint density at radius 2 is 1.37 bits per heavy atom. The first-order chi connectivity index (χ1) is 13.2. The Morgan fingerprint density at radius 3 is 2.04 bits per heavy atom. The molecule has 0 bridgehead atoms. The number of halogens is 2. The summed E-state index contributed by atoms with van der Waals surface area (Å²) < 4.78 is 28.8. The first kappa shape index (κ1) is 17.2.